The summed E-state index contributed by atoms with van der Waals surface area (Å²) in [5, 5.41) is 16.4. The molecule has 1 aromatic rings. The van der Waals surface area contributed by atoms with Crippen LogP contribution in [0.1, 0.15) is 24.8 Å². The van der Waals surface area contributed by atoms with Crippen molar-refractivity contribution in [2.24, 2.45) is 22.2 Å². The molecule has 13 heteroatoms. The molecule has 0 fully saturated rings. The summed E-state index contributed by atoms with van der Waals surface area (Å²) < 4.78 is 0. The predicted molar refractivity (Wildman–Crippen MR) is 136 cm³/mol. The molecule has 0 aliphatic carbocycles. The van der Waals surface area contributed by atoms with Gasteiger partial charge < -0.3 is 38.3 Å². The molecule has 0 spiro atoms. The topological polar surface area (TPSA) is 215 Å². The average molecular weight is 510 g/mol. The van der Waals surface area contributed by atoms with E-state index in [-0.39, 0.29) is 25.3 Å². The highest BCUT2D eigenvalue weighted by Gasteiger charge is 2.28. The summed E-state index contributed by atoms with van der Waals surface area (Å²) in [4.78, 5) is 53.0. The van der Waals surface area contributed by atoms with E-state index >= 15 is 0 Å². The number of thioether (sulfide) groups is 1. The average Bonchev–Trinajstić information content (AvgIpc) is 2.82. The largest absolute Gasteiger partial charge is 0.480 e. The Morgan fingerprint density at radius 2 is 1.66 bits per heavy atom. The van der Waals surface area contributed by atoms with Crippen molar-refractivity contribution in [3.8, 4) is 0 Å². The number of nitrogens with two attached hydrogens (primary N) is 3. The summed E-state index contributed by atoms with van der Waals surface area (Å²) in [7, 11) is 0. The Kier molecular flexibility index (Phi) is 13.9. The van der Waals surface area contributed by atoms with Gasteiger partial charge in [0.2, 0.25) is 17.7 Å². The molecule has 0 radical (unpaired) electrons. The number of hydrogen-bond donors (Lipinski definition) is 7. The van der Waals surface area contributed by atoms with Gasteiger partial charge in [0.05, 0.1) is 6.04 Å². The van der Waals surface area contributed by atoms with E-state index in [4.69, 9.17) is 22.3 Å². The zero-order valence-electron chi connectivity index (χ0n) is 19.7. The van der Waals surface area contributed by atoms with Crippen LogP contribution in [0.25, 0.3) is 0 Å². The number of carboxylic acids is 1. The fourth-order valence-electron chi connectivity index (χ4n) is 3.04. The Morgan fingerprint density at radius 1 is 1.00 bits per heavy atom. The van der Waals surface area contributed by atoms with Gasteiger partial charge in [-0.05, 0) is 36.8 Å². The normalized spacial score (nSPS) is 13.1. The zero-order chi connectivity index (χ0) is 26.2. The highest BCUT2D eigenvalue weighted by Crippen LogP contribution is 2.07. The molecule has 3 atom stereocenters. The van der Waals surface area contributed by atoms with E-state index in [1.165, 1.54) is 0 Å². The van der Waals surface area contributed by atoms with Crippen LogP contribution in [-0.2, 0) is 25.6 Å². The number of rotatable bonds is 16. The van der Waals surface area contributed by atoms with Crippen LogP contribution in [0.15, 0.2) is 35.3 Å². The molecular weight excluding hydrogens is 474 g/mol. The second-order valence-electron chi connectivity index (χ2n) is 7.76. The van der Waals surface area contributed by atoms with Crippen LogP contribution < -0.4 is 33.2 Å². The lowest BCUT2D eigenvalue weighted by atomic mass is 10.0. The van der Waals surface area contributed by atoms with E-state index < -0.39 is 48.4 Å². The van der Waals surface area contributed by atoms with Gasteiger partial charge in [-0.3, -0.25) is 24.2 Å². The maximum absolute atomic E-state index is 13.2. The number of benzene rings is 1. The summed E-state index contributed by atoms with van der Waals surface area (Å²) in [5.74, 6) is -2.40. The van der Waals surface area contributed by atoms with Crippen molar-refractivity contribution < 1.29 is 24.3 Å². The Hall–Kier alpha value is -3.32. The number of nitrogens with zero attached hydrogens (tertiary/aromatic N) is 1. The first-order chi connectivity index (χ1) is 16.6. The number of aliphatic imine (C=N–C) groups is 1. The summed E-state index contributed by atoms with van der Waals surface area (Å²) in [6.07, 6.45) is 3.01. The third-order valence-electron chi connectivity index (χ3n) is 4.88. The van der Waals surface area contributed by atoms with Gasteiger partial charge in [0, 0.05) is 13.0 Å². The minimum atomic E-state index is -1.22. The van der Waals surface area contributed by atoms with Crippen molar-refractivity contribution in [1.82, 2.24) is 16.0 Å². The molecule has 0 heterocycles. The standard InChI is InChI=1S/C22H35N7O5S/c1-35-11-9-15(23)19(32)29-17(12-14-6-3-2-4-7-14)21(34)28-16(8-5-10-26-22(24)25)20(33)27-13-18(30)31/h2-4,6-7,15-17H,5,8-13,23H2,1H3,(H,27,33)(H,28,34)(H,29,32)(H,30,31)(H4,24,25,26). The van der Waals surface area contributed by atoms with E-state index in [1.54, 1.807) is 11.8 Å². The molecule has 1 rings (SSSR count). The zero-order valence-corrected chi connectivity index (χ0v) is 20.6. The molecule has 0 saturated carbocycles. The molecule has 12 nitrogen and oxygen atoms in total. The quantitative estimate of drug-likeness (QED) is 0.0785. The van der Waals surface area contributed by atoms with Gasteiger partial charge in [0.1, 0.15) is 18.6 Å². The first-order valence-electron chi connectivity index (χ1n) is 11.1. The Labute approximate surface area is 208 Å². The van der Waals surface area contributed by atoms with Crippen molar-refractivity contribution in [2.75, 3.05) is 25.1 Å². The van der Waals surface area contributed by atoms with Crippen LogP contribution in [0.2, 0.25) is 0 Å². The predicted octanol–water partition coefficient (Wildman–Crippen LogP) is -1.47. The molecule has 10 N–H and O–H groups in total. The van der Waals surface area contributed by atoms with Crippen molar-refractivity contribution in [3.63, 3.8) is 0 Å². The highest BCUT2D eigenvalue weighted by atomic mass is 32.2. The molecule has 194 valence electrons. The SMILES string of the molecule is CSCCC(N)C(=O)NC(Cc1ccccc1)C(=O)NC(CCCN=C(N)N)C(=O)NCC(=O)O. The molecule has 35 heavy (non-hydrogen) atoms. The van der Waals surface area contributed by atoms with Crippen LogP contribution in [0, 0.1) is 0 Å². The third kappa shape index (κ3) is 12.6. The minimum Gasteiger partial charge on any atom is -0.480 e. The van der Waals surface area contributed by atoms with Gasteiger partial charge >= 0.3 is 5.97 Å². The Morgan fingerprint density at radius 3 is 2.26 bits per heavy atom. The van der Waals surface area contributed by atoms with Crippen LogP contribution in [0.5, 0.6) is 0 Å². The number of carboxylic acid groups (broad SMARTS) is 1. The maximum Gasteiger partial charge on any atom is 0.322 e. The molecule has 0 aliphatic rings. The molecule has 0 bridgehead atoms. The lowest BCUT2D eigenvalue weighted by Crippen LogP contribution is -2.56. The van der Waals surface area contributed by atoms with Crippen LogP contribution >= 0.6 is 11.8 Å². The summed E-state index contributed by atoms with van der Waals surface area (Å²) in [6.45, 7) is -0.386. The highest BCUT2D eigenvalue weighted by molar-refractivity contribution is 7.98. The summed E-state index contributed by atoms with van der Waals surface area (Å²) in [5.41, 5.74) is 17.4. The molecule has 0 aliphatic heterocycles. The number of carbonyl (C=O) groups excluding carboxylic acids is 3. The van der Waals surface area contributed by atoms with Gasteiger partial charge in [0.25, 0.3) is 0 Å². The van der Waals surface area contributed by atoms with Gasteiger partial charge in [-0.1, -0.05) is 30.3 Å². The van der Waals surface area contributed by atoms with Gasteiger partial charge in [-0.15, -0.1) is 0 Å². The second-order valence-corrected chi connectivity index (χ2v) is 8.75. The van der Waals surface area contributed by atoms with Crippen LogP contribution in [0.4, 0.5) is 0 Å². The molecule has 0 aromatic heterocycles. The van der Waals surface area contributed by atoms with Crippen molar-refractivity contribution in [1.29, 1.82) is 0 Å². The second kappa shape index (κ2) is 16.3. The summed E-state index contributed by atoms with van der Waals surface area (Å²) >= 11 is 1.55. The number of carbonyl (C=O) groups is 4. The van der Waals surface area contributed by atoms with Crippen molar-refractivity contribution in [3.05, 3.63) is 35.9 Å². The Bertz CT molecular complexity index is 865. The molecule has 3 amide bonds. The van der Waals surface area contributed by atoms with E-state index in [1.807, 2.05) is 36.6 Å². The van der Waals surface area contributed by atoms with Gasteiger partial charge in [-0.2, -0.15) is 11.8 Å². The van der Waals surface area contributed by atoms with Crippen molar-refractivity contribution >= 4 is 41.4 Å². The lowest BCUT2D eigenvalue weighted by Gasteiger charge is -2.24. The lowest BCUT2D eigenvalue weighted by molar-refractivity contribution is -0.138. The van der Waals surface area contributed by atoms with Crippen LogP contribution in [0.3, 0.4) is 0 Å². The Balaban J connectivity index is 2.99. The monoisotopic (exact) mass is 509 g/mol. The van der Waals surface area contributed by atoms with Gasteiger partial charge in [-0.25, -0.2) is 0 Å². The summed E-state index contributed by atoms with van der Waals surface area (Å²) in [6, 6.07) is 6.22. The fraction of sp³-hybridized carbons (Fsp3) is 0.500. The molecular formula is C22H35N7O5S. The van der Waals surface area contributed by atoms with E-state index in [0.29, 0.717) is 18.6 Å². The number of amides is 3. The maximum atomic E-state index is 13.2. The number of hydrogen-bond acceptors (Lipinski definition) is 7. The van der Waals surface area contributed by atoms with E-state index in [0.717, 1.165) is 5.56 Å². The molecule has 1 aromatic carbocycles. The third-order valence-corrected chi connectivity index (χ3v) is 5.52. The number of aliphatic carboxylic acids is 1. The van der Waals surface area contributed by atoms with Crippen molar-refractivity contribution in [2.45, 2.75) is 43.8 Å². The number of guanidine groups is 1. The van der Waals surface area contributed by atoms with E-state index in [2.05, 4.69) is 20.9 Å². The minimum absolute atomic E-state index is 0.107. The van der Waals surface area contributed by atoms with E-state index in [9.17, 15) is 19.2 Å². The smallest absolute Gasteiger partial charge is 0.322 e. The van der Waals surface area contributed by atoms with Gasteiger partial charge in [0.15, 0.2) is 5.96 Å². The van der Waals surface area contributed by atoms with Crippen LogP contribution in [-0.4, -0.2) is 78.0 Å². The first kappa shape index (κ1) is 29.7. The molecule has 0 saturated heterocycles. The molecule has 3 unspecified atom stereocenters. The fourth-order valence-corrected chi connectivity index (χ4v) is 3.53. The number of nitrogens with one attached hydrogen (secondary N) is 3. The first-order valence-corrected chi connectivity index (χ1v) is 12.5.